The zero-order chi connectivity index (χ0) is 14.4. The van der Waals surface area contributed by atoms with Crippen LogP contribution in [0, 0.1) is 5.39 Å². The second-order valence-electron chi connectivity index (χ2n) is 4.13. The van der Waals surface area contributed by atoms with Crippen LogP contribution in [0.1, 0.15) is 11.1 Å². The molecule has 2 aromatic rings. The molecule has 4 heteroatoms. The minimum atomic E-state index is 0.529. The molecule has 0 radical (unpaired) electrons. The van der Waals surface area contributed by atoms with E-state index in [1.807, 2.05) is 42.5 Å². The number of hydrogen-bond acceptors (Lipinski definition) is 3. The van der Waals surface area contributed by atoms with Crippen LogP contribution in [0.3, 0.4) is 0 Å². The van der Waals surface area contributed by atoms with E-state index < -0.39 is 0 Å². The molecule has 0 aromatic heterocycles. The van der Waals surface area contributed by atoms with Gasteiger partial charge in [0.1, 0.15) is 11.5 Å². The van der Waals surface area contributed by atoms with Gasteiger partial charge in [0, 0.05) is 17.7 Å². The summed E-state index contributed by atoms with van der Waals surface area (Å²) >= 11 is 0. The van der Waals surface area contributed by atoms with Crippen molar-refractivity contribution < 1.29 is 9.47 Å². The van der Waals surface area contributed by atoms with E-state index in [4.69, 9.17) is 14.9 Å². The summed E-state index contributed by atoms with van der Waals surface area (Å²) in [6.45, 7) is 0. The maximum atomic E-state index is 8.64. The van der Waals surface area contributed by atoms with E-state index in [2.05, 4.69) is 4.98 Å². The Morgan fingerprint density at radius 1 is 0.950 bits per heavy atom. The molecule has 0 heterocycles. The zero-order valence-electron chi connectivity index (χ0n) is 11.4. The van der Waals surface area contributed by atoms with Crippen LogP contribution in [-0.4, -0.2) is 14.2 Å². The first-order valence-corrected chi connectivity index (χ1v) is 6.12. The van der Waals surface area contributed by atoms with E-state index in [1.54, 1.807) is 26.4 Å². The third kappa shape index (κ3) is 3.15. The molecule has 0 saturated heterocycles. The molecule has 4 nitrogen and oxygen atoms in total. The highest BCUT2D eigenvalue weighted by atomic mass is 16.5. The minimum absolute atomic E-state index is 0.529. The van der Waals surface area contributed by atoms with Gasteiger partial charge in [-0.1, -0.05) is 12.2 Å². The summed E-state index contributed by atoms with van der Waals surface area (Å²) in [6.07, 6.45) is 3.91. The van der Waals surface area contributed by atoms with Crippen LogP contribution in [0.15, 0.2) is 42.5 Å². The van der Waals surface area contributed by atoms with Gasteiger partial charge in [-0.25, -0.2) is 0 Å². The predicted molar refractivity (Wildman–Crippen MR) is 79.7 cm³/mol. The highest BCUT2D eigenvalue weighted by Crippen LogP contribution is 2.26. The molecule has 0 amide bonds. The van der Waals surface area contributed by atoms with Crippen LogP contribution in [-0.2, 0) is 0 Å². The fourth-order valence-electron chi connectivity index (χ4n) is 1.81. The van der Waals surface area contributed by atoms with Crippen LogP contribution in [0.25, 0.3) is 17.1 Å². The summed E-state index contributed by atoms with van der Waals surface area (Å²) in [5, 5.41) is 8.64. The van der Waals surface area contributed by atoms with Crippen LogP contribution < -0.4 is 9.47 Å². The third-order valence-electron chi connectivity index (χ3n) is 2.90. The molecule has 0 spiro atoms. The summed E-state index contributed by atoms with van der Waals surface area (Å²) in [4.78, 5) is 3.12. The van der Waals surface area contributed by atoms with Crippen molar-refractivity contribution >= 4 is 17.8 Å². The normalized spacial score (nSPS) is 10.2. The van der Waals surface area contributed by atoms with Crippen molar-refractivity contribution in [2.45, 2.75) is 0 Å². The second-order valence-corrected chi connectivity index (χ2v) is 4.13. The van der Waals surface area contributed by atoms with Crippen molar-refractivity contribution in [1.82, 2.24) is 0 Å². The molecule has 2 aromatic carbocycles. The summed E-state index contributed by atoms with van der Waals surface area (Å²) in [7, 11) is 3.27. The Bertz CT molecular complexity index is 655. The molecule has 0 unspecified atom stereocenters. The average Bonchev–Trinajstić information content (AvgIpc) is 2.53. The number of nitrogens with zero attached hydrogens (tertiary/aromatic N) is 2. The SMILES string of the molecule is COc1ccc(OC)c(/C=C/c2ccc([N+]#N)cc2)c1. The maximum Gasteiger partial charge on any atom is 0.385 e. The molecule has 0 aliphatic carbocycles. The van der Waals surface area contributed by atoms with Crippen molar-refractivity contribution in [3.63, 3.8) is 0 Å². The molecule has 100 valence electrons. The fraction of sp³-hybridized carbons (Fsp3) is 0.125. The number of diazo groups is 1. The topological polar surface area (TPSA) is 46.6 Å². The highest BCUT2D eigenvalue weighted by Gasteiger charge is 2.03. The quantitative estimate of drug-likeness (QED) is 0.610. The van der Waals surface area contributed by atoms with E-state index in [-0.39, 0.29) is 0 Å². The summed E-state index contributed by atoms with van der Waals surface area (Å²) in [5.41, 5.74) is 2.46. The Kier molecular flexibility index (Phi) is 4.35. The predicted octanol–water partition coefficient (Wildman–Crippen LogP) is 4.36. The average molecular weight is 267 g/mol. The summed E-state index contributed by atoms with van der Waals surface area (Å²) < 4.78 is 10.5. The number of benzene rings is 2. The summed E-state index contributed by atoms with van der Waals surface area (Å²) in [6, 6.07) is 12.9. The molecular weight excluding hydrogens is 252 g/mol. The molecule has 20 heavy (non-hydrogen) atoms. The van der Waals surface area contributed by atoms with Crippen molar-refractivity contribution in [3.8, 4) is 11.5 Å². The van der Waals surface area contributed by atoms with Gasteiger partial charge in [-0.05, 0) is 35.9 Å². The van der Waals surface area contributed by atoms with Crippen LogP contribution in [0.5, 0.6) is 11.5 Å². The number of hydrogen-bond donors (Lipinski definition) is 0. The lowest BCUT2D eigenvalue weighted by Crippen LogP contribution is -1.89. The van der Waals surface area contributed by atoms with Crippen molar-refractivity contribution in [3.05, 3.63) is 58.6 Å². The molecule has 0 saturated carbocycles. The van der Waals surface area contributed by atoms with Gasteiger partial charge in [0.05, 0.1) is 14.2 Å². The fourth-order valence-corrected chi connectivity index (χ4v) is 1.81. The molecule has 0 aliphatic heterocycles. The zero-order valence-corrected chi connectivity index (χ0v) is 11.4. The molecule has 2 rings (SSSR count). The van der Waals surface area contributed by atoms with Gasteiger partial charge in [0.2, 0.25) is 5.39 Å². The Labute approximate surface area is 117 Å². The van der Waals surface area contributed by atoms with Gasteiger partial charge in [0.25, 0.3) is 0 Å². The van der Waals surface area contributed by atoms with Crippen LogP contribution >= 0.6 is 0 Å². The number of ether oxygens (including phenoxy) is 2. The van der Waals surface area contributed by atoms with E-state index in [0.717, 1.165) is 22.6 Å². The Hall–Kier alpha value is -2.80. The maximum absolute atomic E-state index is 8.64. The Morgan fingerprint density at radius 3 is 2.30 bits per heavy atom. The van der Waals surface area contributed by atoms with E-state index in [0.29, 0.717) is 5.69 Å². The molecule has 0 bridgehead atoms. The standard InChI is InChI=1S/C16H15N2O2/c1-19-15-9-10-16(20-2)13(11-15)6-3-12-4-7-14(18-17)8-5-12/h3-11H,1-2H3/q+1/b6-3+. The molecule has 0 fully saturated rings. The van der Waals surface area contributed by atoms with Gasteiger partial charge < -0.3 is 9.47 Å². The van der Waals surface area contributed by atoms with E-state index >= 15 is 0 Å². The molecular formula is C16H15N2O2+. The van der Waals surface area contributed by atoms with Gasteiger partial charge in [0.15, 0.2) is 4.98 Å². The first-order chi connectivity index (χ1) is 9.76. The molecule has 0 N–H and O–H groups in total. The Balaban J connectivity index is 2.27. The minimum Gasteiger partial charge on any atom is -0.497 e. The smallest absolute Gasteiger partial charge is 0.385 e. The number of rotatable bonds is 4. The molecule has 0 aliphatic rings. The second kappa shape index (κ2) is 6.39. The van der Waals surface area contributed by atoms with Gasteiger partial charge in [-0.2, -0.15) is 0 Å². The van der Waals surface area contributed by atoms with Crippen molar-refractivity contribution in [2.24, 2.45) is 0 Å². The lowest BCUT2D eigenvalue weighted by molar-refractivity contribution is 0.402. The van der Waals surface area contributed by atoms with Crippen molar-refractivity contribution in [1.29, 1.82) is 5.39 Å². The first kappa shape index (κ1) is 13.6. The largest absolute Gasteiger partial charge is 0.497 e. The third-order valence-corrected chi connectivity index (χ3v) is 2.90. The first-order valence-electron chi connectivity index (χ1n) is 6.12. The highest BCUT2D eigenvalue weighted by molar-refractivity contribution is 5.74. The van der Waals surface area contributed by atoms with Crippen LogP contribution in [0.4, 0.5) is 5.69 Å². The van der Waals surface area contributed by atoms with Crippen LogP contribution in [0.2, 0.25) is 0 Å². The van der Waals surface area contributed by atoms with E-state index in [9.17, 15) is 0 Å². The Morgan fingerprint density at radius 2 is 1.70 bits per heavy atom. The summed E-state index contributed by atoms with van der Waals surface area (Å²) in [5.74, 6) is 1.56. The monoisotopic (exact) mass is 267 g/mol. The lowest BCUT2D eigenvalue weighted by Gasteiger charge is -2.07. The number of methoxy groups -OCH3 is 2. The van der Waals surface area contributed by atoms with Crippen molar-refractivity contribution in [2.75, 3.05) is 14.2 Å². The van der Waals surface area contributed by atoms with Gasteiger partial charge in [-0.3, -0.25) is 0 Å². The van der Waals surface area contributed by atoms with Gasteiger partial charge >= 0.3 is 5.69 Å². The van der Waals surface area contributed by atoms with Gasteiger partial charge in [-0.15, -0.1) is 0 Å². The lowest BCUT2D eigenvalue weighted by atomic mass is 10.1. The molecule has 0 atom stereocenters. The van der Waals surface area contributed by atoms with E-state index in [1.165, 1.54) is 0 Å².